The monoisotopic (exact) mass is 281 g/mol. The van der Waals surface area contributed by atoms with E-state index in [0.29, 0.717) is 0 Å². The van der Waals surface area contributed by atoms with Crippen LogP contribution in [0.5, 0.6) is 11.5 Å². The molecule has 0 radical (unpaired) electrons. The molecule has 0 saturated carbocycles. The Bertz CT molecular complexity index is 835. The topological polar surface area (TPSA) is 50.7 Å². The Kier molecular flexibility index (Phi) is 2.14. The molecule has 0 amide bonds. The van der Waals surface area contributed by atoms with E-state index >= 15 is 0 Å². The zero-order valence-corrected chi connectivity index (χ0v) is 11.4. The maximum absolute atomic E-state index is 10.3. The second-order valence-electron chi connectivity index (χ2n) is 5.82. The highest BCUT2D eigenvalue weighted by atomic mass is 16.7. The molecule has 2 heterocycles. The van der Waals surface area contributed by atoms with Gasteiger partial charge in [0.05, 0.1) is 6.10 Å². The fourth-order valence-corrected chi connectivity index (χ4v) is 3.80. The molecule has 21 heavy (non-hydrogen) atoms. The Balaban J connectivity index is 1.93. The summed E-state index contributed by atoms with van der Waals surface area (Å²) in [4.78, 5) is 0. The van der Waals surface area contributed by atoms with Crippen LogP contribution in [0.3, 0.4) is 0 Å². The maximum atomic E-state index is 10.3. The van der Waals surface area contributed by atoms with E-state index in [1.54, 1.807) is 0 Å². The average Bonchev–Trinajstić information content (AvgIpc) is 2.96. The minimum Gasteiger partial charge on any atom is -0.454 e. The van der Waals surface area contributed by atoms with Crippen molar-refractivity contribution in [1.29, 1.82) is 0 Å². The summed E-state index contributed by atoms with van der Waals surface area (Å²) in [5.41, 5.74) is 3.46. The first-order chi connectivity index (χ1) is 10.3. The van der Waals surface area contributed by atoms with Crippen LogP contribution in [0.25, 0.3) is 17.3 Å². The molecule has 0 unspecified atom stereocenters. The second-order valence-corrected chi connectivity index (χ2v) is 5.82. The molecule has 0 saturated heterocycles. The van der Waals surface area contributed by atoms with Crippen molar-refractivity contribution in [3.63, 3.8) is 0 Å². The highest BCUT2D eigenvalue weighted by Gasteiger charge is 2.35. The highest BCUT2D eigenvalue weighted by Crippen LogP contribution is 2.44. The largest absolute Gasteiger partial charge is 0.454 e. The molecule has 2 N–H and O–H groups in total. The first-order valence-electron chi connectivity index (χ1n) is 7.29. The van der Waals surface area contributed by atoms with Crippen molar-refractivity contribution < 1.29 is 14.6 Å². The summed E-state index contributed by atoms with van der Waals surface area (Å²) >= 11 is 0. The standard InChI is InChI=1S/C17H15NO3/c19-13-3-1-2-10-11(13)7-12-15-9(4-5-18-12)6-14-17(16(10)15)21-8-20-14/h1-4,6,11,13,18-19H,5,7-8H2/t11-,13-/m0/s1. The second kappa shape index (κ2) is 3.92. The third-order valence-corrected chi connectivity index (χ3v) is 4.74. The van der Waals surface area contributed by atoms with E-state index < -0.39 is 6.10 Å². The zero-order chi connectivity index (χ0) is 14.0. The normalized spacial score (nSPS) is 27.3. The van der Waals surface area contributed by atoms with Crippen LogP contribution in [-0.2, 0) is 0 Å². The lowest BCUT2D eigenvalue weighted by molar-refractivity contribution is 0.172. The molecule has 4 aliphatic rings. The molecule has 4 heteroatoms. The van der Waals surface area contributed by atoms with Crippen molar-refractivity contribution in [1.82, 2.24) is 5.32 Å². The third kappa shape index (κ3) is 1.43. The Hall–Kier alpha value is -2.20. The van der Waals surface area contributed by atoms with Gasteiger partial charge in [0.15, 0.2) is 11.5 Å². The van der Waals surface area contributed by atoms with Gasteiger partial charge in [0.1, 0.15) is 0 Å². The molecule has 106 valence electrons. The van der Waals surface area contributed by atoms with Crippen molar-refractivity contribution in [3.05, 3.63) is 40.3 Å². The molecule has 1 aromatic carbocycles. The van der Waals surface area contributed by atoms with Gasteiger partial charge in [-0.15, -0.1) is 0 Å². The number of aliphatic hydroxyl groups is 1. The fraction of sp³-hybridized carbons (Fsp3) is 0.294. The summed E-state index contributed by atoms with van der Waals surface area (Å²) in [6.07, 6.45) is 8.46. The van der Waals surface area contributed by atoms with Gasteiger partial charge in [0.2, 0.25) is 6.79 Å². The summed E-state index contributed by atoms with van der Waals surface area (Å²) in [5, 5.41) is 16.2. The summed E-state index contributed by atoms with van der Waals surface area (Å²) in [6.45, 7) is 1.09. The van der Waals surface area contributed by atoms with Gasteiger partial charge >= 0.3 is 0 Å². The van der Waals surface area contributed by atoms with E-state index in [1.165, 1.54) is 16.1 Å². The molecular formula is C17H15NO3. The van der Waals surface area contributed by atoms with Gasteiger partial charge in [0, 0.05) is 28.9 Å². The van der Waals surface area contributed by atoms with E-state index in [-0.39, 0.29) is 12.7 Å². The summed E-state index contributed by atoms with van der Waals surface area (Å²) in [5.74, 6) is 1.72. The van der Waals surface area contributed by atoms with Crippen LogP contribution >= 0.6 is 0 Å². The Morgan fingerprint density at radius 2 is 2.24 bits per heavy atom. The third-order valence-electron chi connectivity index (χ3n) is 4.74. The van der Waals surface area contributed by atoms with Gasteiger partial charge < -0.3 is 19.9 Å². The van der Waals surface area contributed by atoms with E-state index in [4.69, 9.17) is 9.47 Å². The number of rotatable bonds is 0. The van der Waals surface area contributed by atoms with E-state index in [2.05, 4.69) is 23.5 Å². The minimum absolute atomic E-state index is 0.0895. The number of hydrogen-bond donors (Lipinski definition) is 2. The maximum Gasteiger partial charge on any atom is 0.231 e. The quantitative estimate of drug-likeness (QED) is 0.715. The summed E-state index contributed by atoms with van der Waals surface area (Å²) in [7, 11) is 0. The first kappa shape index (κ1) is 11.5. The van der Waals surface area contributed by atoms with Gasteiger partial charge in [-0.3, -0.25) is 0 Å². The van der Waals surface area contributed by atoms with Crippen LogP contribution in [0.4, 0.5) is 0 Å². The molecular weight excluding hydrogens is 266 g/mol. The van der Waals surface area contributed by atoms with Crippen molar-refractivity contribution in [3.8, 4) is 11.5 Å². The van der Waals surface area contributed by atoms with Gasteiger partial charge in [-0.25, -0.2) is 0 Å². The van der Waals surface area contributed by atoms with Crippen molar-refractivity contribution in [2.75, 3.05) is 13.3 Å². The predicted octanol–water partition coefficient (Wildman–Crippen LogP) is 0.241. The SMILES string of the molecule is O[C@H]1C=CC=C2c3c4c(cc5c3=C(C[C@@H]21)NCC=5)OCO4. The lowest BCUT2D eigenvalue weighted by Crippen LogP contribution is -2.45. The number of ether oxygens (including phenoxy) is 2. The number of nitrogens with one attached hydrogen (secondary N) is 1. The number of allylic oxidation sites excluding steroid dienone is 2. The van der Waals surface area contributed by atoms with Crippen LogP contribution in [0, 0.1) is 5.92 Å². The number of aliphatic hydroxyl groups excluding tert-OH is 1. The van der Waals surface area contributed by atoms with E-state index in [1.807, 2.05) is 12.2 Å². The van der Waals surface area contributed by atoms with Crippen molar-refractivity contribution in [2.45, 2.75) is 12.5 Å². The van der Waals surface area contributed by atoms with Gasteiger partial charge in [-0.1, -0.05) is 24.3 Å². The minimum atomic E-state index is -0.444. The van der Waals surface area contributed by atoms with Crippen LogP contribution in [0.2, 0.25) is 0 Å². The predicted molar refractivity (Wildman–Crippen MR) is 78.9 cm³/mol. The Morgan fingerprint density at radius 3 is 3.19 bits per heavy atom. The number of benzene rings is 1. The van der Waals surface area contributed by atoms with Gasteiger partial charge in [-0.05, 0) is 23.3 Å². The lowest BCUT2D eigenvalue weighted by atomic mass is 9.76. The molecule has 0 fully saturated rings. The summed E-state index contributed by atoms with van der Waals surface area (Å²) < 4.78 is 11.3. The molecule has 0 aromatic heterocycles. The fourth-order valence-electron chi connectivity index (χ4n) is 3.80. The van der Waals surface area contributed by atoms with Crippen molar-refractivity contribution >= 4 is 17.3 Å². The molecule has 5 rings (SSSR count). The Morgan fingerprint density at radius 1 is 1.29 bits per heavy atom. The van der Waals surface area contributed by atoms with Gasteiger partial charge in [-0.2, -0.15) is 0 Å². The zero-order valence-electron chi connectivity index (χ0n) is 11.4. The van der Waals surface area contributed by atoms with Crippen molar-refractivity contribution in [2.24, 2.45) is 5.92 Å². The van der Waals surface area contributed by atoms with Crippen LogP contribution in [0.1, 0.15) is 12.0 Å². The molecule has 2 aliphatic carbocycles. The smallest absolute Gasteiger partial charge is 0.231 e. The summed E-state index contributed by atoms with van der Waals surface area (Å²) in [6, 6.07) is 2.07. The molecule has 2 atom stereocenters. The molecule has 0 bridgehead atoms. The van der Waals surface area contributed by atoms with Gasteiger partial charge in [0.25, 0.3) is 0 Å². The van der Waals surface area contributed by atoms with Crippen LogP contribution < -0.4 is 25.2 Å². The molecule has 4 nitrogen and oxygen atoms in total. The number of fused-ring (bicyclic) bond motifs is 4. The van der Waals surface area contributed by atoms with Crippen LogP contribution in [-0.4, -0.2) is 24.5 Å². The van der Waals surface area contributed by atoms with Crippen LogP contribution in [0.15, 0.2) is 24.3 Å². The molecule has 0 spiro atoms. The Labute approximate surface area is 121 Å². The van der Waals surface area contributed by atoms with E-state index in [0.717, 1.165) is 35.6 Å². The molecule has 1 aromatic rings. The van der Waals surface area contributed by atoms with E-state index in [9.17, 15) is 5.11 Å². The molecule has 2 aliphatic heterocycles. The number of hydrogen-bond acceptors (Lipinski definition) is 4. The average molecular weight is 281 g/mol. The lowest BCUT2D eigenvalue weighted by Gasteiger charge is -2.33. The first-order valence-corrected chi connectivity index (χ1v) is 7.29. The highest BCUT2D eigenvalue weighted by molar-refractivity contribution is 5.83.